The molecule has 4 amide bonds. The van der Waals surface area contributed by atoms with Crippen molar-refractivity contribution in [1.82, 2.24) is 15.5 Å². The number of carbonyl (C=O) groups excluding carboxylic acids is 3. The second-order valence-electron chi connectivity index (χ2n) is 7.22. The monoisotopic (exact) mass is 333 g/mol. The molecule has 1 saturated heterocycles. The molecule has 0 radical (unpaired) electrons. The molecule has 3 aliphatic rings. The van der Waals surface area contributed by atoms with E-state index in [0.29, 0.717) is 19.4 Å². The van der Waals surface area contributed by atoms with Gasteiger partial charge < -0.3 is 10.6 Å². The van der Waals surface area contributed by atoms with E-state index in [0.717, 1.165) is 37.0 Å². The number of nitrogens with one attached hydrogen (secondary N) is 2. The van der Waals surface area contributed by atoms with E-state index < -0.39 is 17.6 Å². The lowest BCUT2D eigenvalue weighted by molar-refractivity contribution is -0.137. The summed E-state index contributed by atoms with van der Waals surface area (Å²) in [4.78, 5) is 38.4. The maximum atomic E-state index is 12.7. The minimum atomic E-state index is -0.766. The maximum Gasteiger partial charge on any atom is 0.325 e. The largest absolute Gasteiger partial charge is 0.354 e. The van der Waals surface area contributed by atoms with Crippen LogP contribution in [0, 0.1) is 0 Å². The average molecular weight is 333 g/mol. The number of imide groups is 1. The van der Waals surface area contributed by atoms with Gasteiger partial charge in [0.2, 0.25) is 5.91 Å². The number of rotatable bonds is 5. The van der Waals surface area contributed by atoms with Crippen molar-refractivity contribution in [3.05, 3.63) is 11.6 Å². The highest BCUT2D eigenvalue weighted by molar-refractivity contribution is 6.09. The SMILES string of the molecule is CC(C(=O)NCCC1=CCCCC1)N1C(=O)NC2(CCCC2)C1=O. The lowest BCUT2D eigenvalue weighted by atomic mass is 9.97. The van der Waals surface area contributed by atoms with Crippen LogP contribution in [-0.4, -0.2) is 40.9 Å². The number of amides is 4. The molecule has 2 fully saturated rings. The van der Waals surface area contributed by atoms with Crippen LogP contribution in [0.4, 0.5) is 4.79 Å². The average Bonchev–Trinajstić information content (AvgIpc) is 3.14. The zero-order valence-corrected chi connectivity index (χ0v) is 14.4. The Labute approximate surface area is 143 Å². The molecule has 6 heteroatoms. The summed E-state index contributed by atoms with van der Waals surface area (Å²) in [6, 6.07) is -1.20. The van der Waals surface area contributed by atoms with E-state index in [2.05, 4.69) is 16.7 Å². The van der Waals surface area contributed by atoms with E-state index in [-0.39, 0.29) is 11.8 Å². The summed E-state index contributed by atoms with van der Waals surface area (Å²) in [5.41, 5.74) is 0.646. The summed E-state index contributed by atoms with van der Waals surface area (Å²) in [6.45, 7) is 2.18. The highest BCUT2D eigenvalue weighted by Crippen LogP contribution is 2.35. The van der Waals surface area contributed by atoms with E-state index in [9.17, 15) is 14.4 Å². The predicted octanol–water partition coefficient (Wildman–Crippen LogP) is 2.25. The third kappa shape index (κ3) is 3.19. The van der Waals surface area contributed by atoms with Crippen molar-refractivity contribution in [2.75, 3.05) is 6.54 Å². The fraction of sp³-hybridized carbons (Fsp3) is 0.722. The first-order chi connectivity index (χ1) is 11.5. The predicted molar refractivity (Wildman–Crippen MR) is 90.2 cm³/mol. The molecule has 0 aromatic heterocycles. The Bertz CT molecular complexity index is 564. The minimum absolute atomic E-state index is 0.234. The number of hydrogen-bond donors (Lipinski definition) is 2. The summed E-state index contributed by atoms with van der Waals surface area (Å²) in [5, 5.41) is 5.69. The first-order valence-corrected chi connectivity index (χ1v) is 9.15. The third-order valence-electron chi connectivity index (χ3n) is 5.55. The van der Waals surface area contributed by atoms with Gasteiger partial charge in [-0.3, -0.25) is 9.59 Å². The van der Waals surface area contributed by atoms with Gasteiger partial charge in [0.25, 0.3) is 5.91 Å². The first-order valence-electron chi connectivity index (χ1n) is 9.15. The van der Waals surface area contributed by atoms with Crippen LogP contribution in [-0.2, 0) is 9.59 Å². The van der Waals surface area contributed by atoms with Crippen LogP contribution in [0.25, 0.3) is 0 Å². The molecule has 1 atom stereocenters. The molecule has 1 aliphatic heterocycles. The highest BCUT2D eigenvalue weighted by Gasteiger charge is 2.54. The fourth-order valence-corrected chi connectivity index (χ4v) is 4.05. The van der Waals surface area contributed by atoms with Crippen LogP contribution in [0.2, 0.25) is 0 Å². The Balaban J connectivity index is 1.54. The molecule has 6 nitrogen and oxygen atoms in total. The van der Waals surface area contributed by atoms with E-state index >= 15 is 0 Å². The number of nitrogens with zero attached hydrogens (tertiary/aromatic N) is 1. The summed E-state index contributed by atoms with van der Waals surface area (Å²) in [6.07, 6.45) is 11.1. The van der Waals surface area contributed by atoms with Crippen LogP contribution < -0.4 is 10.6 Å². The van der Waals surface area contributed by atoms with Crippen molar-refractivity contribution < 1.29 is 14.4 Å². The van der Waals surface area contributed by atoms with Gasteiger partial charge in [-0.05, 0) is 51.9 Å². The van der Waals surface area contributed by atoms with Gasteiger partial charge in [0.15, 0.2) is 0 Å². The molecule has 132 valence electrons. The minimum Gasteiger partial charge on any atom is -0.354 e. The van der Waals surface area contributed by atoms with Crippen molar-refractivity contribution >= 4 is 17.8 Å². The molecule has 1 heterocycles. The van der Waals surface area contributed by atoms with E-state index in [1.165, 1.54) is 18.4 Å². The second kappa shape index (κ2) is 6.95. The summed E-state index contributed by atoms with van der Waals surface area (Å²) < 4.78 is 0. The molecule has 3 rings (SSSR count). The number of allylic oxidation sites excluding steroid dienone is 1. The molecule has 24 heavy (non-hydrogen) atoms. The Morgan fingerprint density at radius 2 is 2.04 bits per heavy atom. The molecule has 0 aromatic carbocycles. The van der Waals surface area contributed by atoms with E-state index in [4.69, 9.17) is 0 Å². The van der Waals surface area contributed by atoms with Gasteiger partial charge >= 0.3 is 6.03 Å². The maximum absolute atomic E-state index is 12.7. The van der Waals surface area contributed by atoms with Gasteiger partial charge in [-0.15, -0.1) is 0 Å². The zero-order valence-electron chi connectivity index (χ0n) is 14.4. The summed E-state index contributed by atoms with van der Waals surface area (Å²) in [7, 11) is 0. The Hall–Kier alpha value is -1.85. The molecular weight excluding hydrogens is 306 g/mol. The van der Waals surface area contributed by atoms with Crippen LogP contribution >= 0.6 is 0 Å². The van der Waals surface area contributed by atoms with Gasteiger partial charge in [-0.25, -0.2) is 9.69 Å². The van der Waals surface area contributed by atoms with Gasteiger partial charge in [0, 0.05) is 6.54 Å². The normalized spacial score (nSPS) is 24.0. The Morgan fingerprint density at radius 1 is 1.29 bits per heavy atom. The number of hydrogen-bond acceptors (Lipinski definition) is 3. The smallest absolute Gasteiger partial charge is 0.325 e. The van der Waals surface area contributed by atoms with Crippen LogP contribution in [0.5, 0.6) is 0 Å². The van der Waals surface area contributed by atoms with Crippen molar-refractivity contribution in [2.24, 2.45) is 0 Å². The lowest BCUT2D eigenvalue weighted by Gasteiger charge is -2.23. The molecule has 2 aliphatic carbocycles. The van der Waals surface area contributed by atoms with Gasteiger partial charge in [-0.2, -0.15) is 0 Å². The first kappa shape index (κ1) is 17.0. The molecular formula is C18H27N3O3. The van der Waals surface area contributed by atoms with Crippen molar-refractivity contribution in [2.45, 2.75) is 76.3 Å². The summed E-state index contributed by atoms with van der Waals surface area (Å²) in [5.74, 6) is -0.493. The molecule has 1 saturated carbocycles. The standard InChI is InChI=1S/C18H27N3O3/c1-13(15(22)19-12-9-14-7-3-2-4-8-14)21-16(23)18(20-17(21)24)10-5-6-11-18/h7,13H,2-6,8-12H2,1H3,(H,19,22)(H,20,24). The van der Waals surface area contributed by atoms with E-state index in [1.807, 2.05) is 0 Å². The summed E-state index contributed by atoms with van der Waals surface area (Å²) >= 11 is 0. The van der Waals surface area contributed by atoms with Crippen molar-refractivity contribution in [1.29, 1.82) is 0 Å². The van der Waals surface area contributed by atoms with E-state index in [1.54, 1.807) is 6.92 Å². The third-order valence-corrected chi connectivity index (χ3v) is 5.55. The number of urea groups is 1. The van der Waals surface area contributed by atoms with Gasteiger partial charge in [0.05, 0.1) is 0 Å². The molecule has 2 N–H and O–H groups in total. The molecule has 0 aromatic rings. The van der Waals surface area contributed by atoms with Crippen molar-refractivity contribution in [3.63, 3.8) is 0 Å². The molecule has 1 spiro atoms. The van der Waals surface area contributed by atoms with Crippen LogP contribution in [0.1, 0.15) is 64.7 Å². The number of carbonyl (C=O) groups is 3. The quantitative estimate of drug-likeness (QED) is 0.598. The second-order valence-corrected chi connectivity index (χ2v) is 7.22. The van der Waals surface area contributed by atoms with Crippen LogP contribution in [0.3, 0.4) is 0 Å². The fourth-order valence-electron chi connectivity index (χ4n) is 4.05. The lowest BCUT2D eigenvalue weighted by Crippen LogP contribution is -2.50. The molecule has 1 unspecified atom stereocenters. The topological polar surface area (TPSA) is 78.5 Å². The van der Waals surface area contributed by atoms with Gasteiger partial charge in [-0.1, -0.05) is 24.5 Å². The molecule has 0 bridgehead atoms. The highest BCUT2D eigenvalue weighted by atomic mass is 16.2. The van der Waals surface area contributed by atoms with Gasteiger partial charge in [0.1, 0.15) is 11.6 Å². The Kier molecular flexibility index (Phi) is 4.92. The van der Waals surface area contributed by atoms with Crippen LogP contribution in [0.15, 0.2) is 11.6 Å². The zero-order chi connectivity index (χ0) is 17.2. The Morgan fingerprint density at radius 3 is 2.71 bits per heavy atom. The van der Waals surface area contributed by atoms with Crippen molar-refractivity contribution in [3.8, 4) is 0 Å².